The van der Waals surface area contributed by atoms with E-state index >= 15 is 0 Å². The van der Waals surface area contributed by atoms with Gasteiger partial charge in [0.05, 0.1) is 5.69 Å². The second-order valence-electron chi connectivity index (χ2n) is 6.58. The molecular formula is C16H31N5. The Morgan fingerprint density at radius 2 is 2.14 bits per heavy atom. The van der Waals surface area contributed by atoms with Gasteiger partial charge in [-0.05, 0) is 53.0 Å². The van der Waals surface area contributed by atoms with Gasteiger partial charge >= 0.3 is 0 Å². The number of rotatable bonds is 5. The number of nitrogens with two attached hydrogens (primary N) is 1. The van der Waals surface area contributed by atoms with Crippen molar-refractivity contribution in [3.63, 3.8) is 0 Å². The summed E-state index contributed by atoms with van der Waals surface area (Å²) < 4.78 is 2.06. The lowest BCUT2D eigenvalue weighted by atomic mass is 10.0. The summed E-state index contributed by atoms with van der Waals surface area (Å²) >= 11 is 0. The average Bonchev–Trinajstić information content (AvgIpc) is 2.84. The molecule has 3 atom stereocenters. The van der Waals surface area contributed by atoms with Crippen molar-refractivity contribution in [2.75, 3.05) is 33.7 Å². The van der Waals surface area contributed by atoms with Crippen LogP contribution in [0.2, 0.25) is 0 Å². The van der Waals surface area contributed by atoms with Gasteiger partial charge in [0.2, 0.25) is 0 Å². The predicted octanol–water partition coefficient (Wildman–Crippen LogP) is 1.36. The van der Waals surface area contributed by atoms with Crippen molar-refractivity contribution >= 4 is 0 Å². The van der Waals surface area contributed by atoms with Crippen molar-refractivity contribution in [1.29, 1.82) is 0 Å². The molecule has 1 aliphatic rings. The van der Waals surface area contributed by atoms with Gasteiger partial charge < -0.3 is 15.5 Å². The van der Waals surface area contributed by atoms with Gasteiger partial charge in [0.15, 0.2) is 0 Å². The minimum atomic E-state index is 0.135. The lowest BCUT2D eigenvalue weighted by Gasteiger charge is -2.32. The fourth-order valence-electron chi connectivity index (χ4n) is 3.06. The van der Waals surface area contributed by atoms with Crippen molar-refractivity contribution in [3.05, 3.63) is 18.0 Å². The first-order valence-corrected chi connectivity index (χ1v) is 8.19. The van der Waals surface area contributed by atoms with Crippen molar-refractivity contribution < 1.29 is 0 Å². The van der Waals surface area contributed by atoms with Gasteiger partial charge in [0.1, 0.15) is 0 Å². The molecule has 2 heterocycles. The molecule has 0 saturated carbocycles. The Labute approximate surface area is 129 Å². The van der Waals surface area contributed by atoms with E-state index in [9.17, 15) is 0 Å². The van der Waals surface area contributed by atoms with E-state index in [1.807, 2.05) is 0 Å². The summed E-state index contributed by atoms with van der Waals surface area (Å²) in [7, 11) is 4.39. The first kappa shape index (κ1) is 16.5. The van der Waals surface area contributed by atoms with Crippen LogP contribution >= 0.6 is 0 Å². The number of hydrogen-bond donors (Lipinski definition) is 1. The number of likely N-dealkylation sites (N-methyl/N-ethyl adjacent to an activating group) is 2. The van der Waals surface area contributed by atoms with E-state index in [1.165, 1.54) is 6.42 Å². The first-order chi connectivity index (χ1) is 10.0. The van der Waals surface area contributed by atoms with E-state index in [2.05, 4.69) is 59.8 Å². The van der Waals surface area contributed by atoms with Crippen LogP contribution in [-0.2, 0) is 6.42 Å². The highest BCUT2D eigenvalue weighted by Gasteiger charge is 2.26. The second-order valence-corrected chi connectivity index (χ2v) is 6.58. The fraction of sp³-hybridized carbons (Fsp3) is 0.812. The van der Waals surface area contributed by atoms with E-state index in [0.29, 0.717) is 12.1 Å². The molecule has 0 radical (unpaired) electrons. The zero-order valence-corrected chi connectivity index (χ0v) is 14.0. The minimum absolute atomic E-state index is 0.135. The molecule has 0 aliphatic carbocycles. The molecule has 0 aromatic carbocycles. The molecule has 1 aromatic rings. The highest BCUT2D eigenvalue weighted by molar-refractivity contribution is 5.04. The number of nitrogens with zero attached hydrogens (tertiary/aromatic N) is 4. The molecular weight excluding hydrogens is 262 g/mol. The van der Waals surface area contributed by atoms with E-state index in [1.54, 1.807) is 0 Å². The maximum absolute atomic E-state index is 6.50. The average molecular weight is 293 g/mol. The summed E-state index contributed by atoms with van der Waals surface area (Å²) in [5.74, 6) is 0. The van der Waals surface area contributed by atoms with E-state index < -0.39 is 0 Å². The maximum atomic E-state index is 6.50. The fourth-order valence-corrected chi connectivity index (χ4v) is 3.06. The van der Waals surface area contributed by atoms with Crippen LogP contribution in [0.1, 0.15) is 38.4 Å². The summed E-state index contributed by atoms with van der Waals surface area (Å²) in [5, 5.41) is 4.69. The minimum Gasteiger partial charge on any atom is -0.326 e. The van der Waals surface area contributed by atoms with E-state index in [-0.39, 0.29) is 6.04 Å². The molecule has 1 saturated heterocycles. The first-order valence-electron chi connectivity index (χ1n) is 8.19. The summed E-state index contributed by atoms with van der Waals surface area (Å²) in [5.41, 5.74) is 7.62. The largest absolute Gasteiger partial charge is 0.326 e. The molecule has 0 bridgehead atoms. The van der Waals surface area contributed by atoms with Gasteiger partial charge in [-0.15, -0.1) is 0 Å². The lowest BCUT2D eigenvalue weighted by molar-refractivity contribution is 0.194. The Kier molecular flexibility index (Phi) is 5.79. The molecule has 3 unspecified atom stereocenters. The third kappa shape index (κ3) is 4.28. The van der Waals surface area contributed by atoms with Crippen LogP contribution in [0.4, 0.5) is 0 Å². The molecule has 2 N–H and O–H groups in total. The number of hydrogen-bond acceptors (Lipinski definition) is 4. The molecule has 21 heavy (non-hydrogen) atoms. The highest BCUT2D eigenvalue weighted by atomic mass is 15.3. The highest BCUT2D eigenvalue weighted by Crippen LogP contribution is 2.14. The number of aromatic nitrogens is 2. The van der Waals surface area contributed by atoms with Crippen LogP contribution in [0.15, 0.2) is 12.3 Å². The smallest absolute Gasteiger partial charge is 0.0640 e. The molecule has 0 spiro atoms. The lowest BCUT2D eigenvalue weighted by Crippen LogP contribution is -2.51. The topological polar surface area (TPSA) is 50.3 Å². The molecule has 5 nitrogen and oxygen atoms in total. The molecule has 1 aliphatic heterocycles. The molecule has 1 aromatic heterocycles. The van der Waals surface area contributed by atoms with Crippen LogP contribution in [0.5, 0.6) is 0 Å². The second kappa shape index (κ2) is 7.38. The Bertz CT molecular complexity index is 430. The molecule has 5 heteroatoms. The van der Waals surface area contributed by atoms with Crippen LogP contribution in [0.3, 0.4) is 0 Å². The van der Waals surface area contributed by atoms with Crippen molar-refractivity contribution in [3.8, 4) is 0 Å². The van der Waals surface area contributed by atoms with Gasteiger partial charge in [-0.25, -0.2) is 0 Å². The summed E-state index contributed by atoms with van der Waals surface area (Å²) in [6, 6.07) is 3.12. The Morgan fingerprint density at radius 1 is 1.38 bits per heavy atom. The Hall–Kier alpha value is -0.910. The Morgan fingerprint density at radius 3 is 2.86 bits per heavy atom. The molecule has 2 rings (SSSR count). The van der Waals surface area contributed by atoms with Gasteiger partial charge in [-0.1, -0.05) is 6.92 Å². The predicted molar refractivity (Wildman–Crippen MR) is 87.4 cm³/mol. The molecule has 120 valence electrons. The van der Waals surface area contributed by atoms with Crippen molar-refractivity contribution in [2.24, 2.45) is 5.73 Å². The normalized spacial score (nSPS) is 24.7. The summed E-state index contributed by atoms with van der Waals surface area (Å²) in [4.78, 5) is 4.81. The molecule has 0 amide bonds. The van der Waals surface area contributed by atoms with Crippen LogP contribution in [0.25, 0.3) is 0 Å². The third-order valence-corrected chi connectivity index (χ3v) is 4.76. The van der Waals surface area contributed by atoms with Gasteiger partial charge in [0, 0.05) is 37.3 Å². The quantitative estimate of drug-likeness (QED) is 0.890. The Balaban J connectivity index is 1.99. The van der Waals surface area contributed by atoms with E-state index in [0.717, 1.165) is 38.2 Å². The standard InChI is InChI=1S/C16H31N5/c1-5-13(2)21-10-7-14(18-21)11-15(17)16-12-19(3)8-6-9-20(16)4/h7,10,13,15-16H,5-6,8-9,11-12,17H2,1-4H3. The van der Waals surface area contributed by atoms with Crippen LogP contribution in [-0.4, -0.2) is 65.4 Å². The monoisotopic (exact) mass is 293 g/mol. The van der Waals surface area contributed by atoms with Crippen molar-refractivity contribution in [2.45, 2.75) is 51.2 Å². The van der Waals surface area contributed by atoms with Crippen LogP contribution < -0.4 is 5.73 Å². The van der Waals surface area contributed by atoms with Crippen molar-refractivity contribution in [1.82, 2.24) is 19.6 Å². The SMILES string of the molecule is CCC(C)n1ccc(CC(N)C2CN(C)CCCN2C)n1. The zero-order chi connectivity index (χ0) is 15.4. The van der Waals surface area contributed by atoms with Gasteiger partial charge in [0.25, 0.3) is 0 Å². The van der Waals surface area contributed by atoms with Gasteiger partial charge in [-0.3, -0.25) is 4.68 Å². The van der Waals surface area contributed by atoms with Gasteiger partial charge in [-0.2, -0.15) is 5.10 Å². The van der Waals surface area contributed by atoms with E-state index in [4.69, 9.17) is 5.73 Å². The zero-order valence-electron chi connectivity index (χ0n) is 14.0. The third-order valence-electron chi connectivity index (χ3n) is 4.76. The van der Waals surface area contributed by atoms with Crippen LogP contribution in [0, 0.1) is 0 Å². The summed E-state index contributed by atoms with van der Waals surface area (Å²) in [6.07, 6.45) is 5.26. The maximum Gasteiger partial charge on any atom is 0.0640 e. The molecule has 1 fully saturated rings. The summed E-state index contributed by atoms with van der Waals surface area (Å²) in [6.45, 7) is 7.72.